The molecule has 0 aromatic heterocycles. The summed E-state index contributed by atoms with van der Waals surface area (Å²) in [5.41, 5.74) is 7.64. The molecule has 51 heavy (non-hydrogen) atoms. The summed E-state index contributed by atoms with van der Waals surface area (Å²) in [7, 11) is 0. The quantitative estimate of drug-likeness (QED) is 0.0935. The fourth-order valence-electron chi connectivity index (χ4n) is 5.48. The first-order valence-corrected chi connectivity index (χ1v) is 17.5. The van der Waals surface area contributed by atoms with E-state index < -0.39 is 17.1 Å². The third-order valence-electron chi connectivity index (χ3n) is 8.41. The van der Waals surface area contributed by atoms with Gasteiger partial charge in [-0.25, -0.2) is 0 Å². The fraction of sp³-hybridized carbons (Fsp3) is 0.0682. The Kier molecular flexibility index (Phi) is 11.2. The summed E-state index contributed by atoms with van der Waals surface area (Å²) in [4.78, 5) is 41.6. The van der Waals surface area contributed by atoms with Gasteiger partial charge in [0.25, 0.3) is 11.8 Å². The molecule has 3 amide bonds. The van der Waals surface area contributed by atoms with Gasteiger partial charge in [-0.3, -0.25) is 14.4 Å². The van der Waals surface area contributed by atoms with Gasteiger partial charge < -0.3 is 16.0 Å². The second kappa shape index (κ2) is 16.5. The molecule has 0 saturated carbocycles. The summed E-state index contributed by atoms with van der Waals surface area (Å²) in [6.07, 6.45) is 1.66. The molecule has 0 aliphatic carbocycles. The molecule has 0 aliphatic rings. The minimum atomic E-state index is -0.559. The van der Waals surface area contributed by atoms with Crippen LogP contribution < -0.4 is 16.0 Å². The molecule has 1 atom stereocenters. The molecular weight excluding hydrogens is 651 g/mol. The molecule has 3 N–H and O–H groups in total. The molecule has 7 heteroatoms. The normalized spacial score (nSPS) is 11.7. The van der Waals surface area contributed by atoms with Crippen molar-refractivity contribution >= 4 is 46.9 Å². The summed E-state index contributed by atoms with van der Waals surface area (Å²) in [6, 6.07) is 49.4. The van der Waals surface area contributed by atoms with Crippen molar-refractivity contribution in [3.8, 4) is 11.1 Å². The lowest BCUT2D eigenvalue weighted by Gasteiger charge is -2.19. The third kappa shape index (κ3) is 9.09. The zero-order valence-corrected chi connectivity index (χ0v) is 29.1. The van der Waals surface area contributed by atoms with E-state index in [9.17, 15) is 14.4 Å². The number of carbonyl (C=O) groups excluding carboxylic acids is 3. The zero-order valence-electron chi connectivity index (χ0n) is 28.3. The topological polar surface area (TPSA) is 87.3 Å². The fourth-order valence-corrected chi connectivity index (χ4v) is 6.56. The molecule has 0 spiro atoms. The van der Waals surface area contributed by atoms with Gasteiger partial charge in [-0.15, -0.1) is 11.8 Å². The third-order valence-corrected chi connectivity index (χ3v) is 9.65. The molecule has 0 saturated heterocycles. The van der Waals surface area contributed by atoms with E-state index >= 15 is 0 Å². The van der Waals surface area contributed by atoms with Gasteiger partial charge in [-0.05, 0) is 89.7 Å². The van der Waals surface area contributed by atoms with Crippen molar-refractivity contribution in [3.63, 3.8) is 0 Å². The van der Waals surface area contributed by atoms with E-state index in [0.717, 1.165) is 44.0 Å². The van der Waals surface area contributed by atoms with Gasteiger partial charge in [0.05, 0.1) is 0 Å². The van der Waals surface area contributed by atoms with E-state index in [0.29, 0.717) is 11.3 Å². The van der Waals surface area contributed by atoms with Crippen molar-refractivity contribution < 1.29 is 14.4 Å². The molecule has 6 aromatic rings. The average Bonchev–Trinajstić information content (AvgIpc) is 3.17. The molecule has 0 heterocycles. The summed E-state index contributed by atoms with van der Waals surface area (Å²) < 4.78 is 0. The number of thioether (sulfide) groups is 1. The zero-order chi connectivity index (χ0) is 35.6. The van der Waals surface area contributed by atoms with Crippen LogP contribution in [-0.2, 0) is 9.59 Å². The smallest absolute Gasteiger partial charge is 0.272 e. The van der Waals surface area contributed by atoms with Crippen molar-refractivity contribution in [2.24, 2.45) is 0 Å². The standard InChI is InChI=1S/C44H37N3O3S/c1-30-14-12-23-39(31(30)2)46-44(50)41(35-17-8-4-9-18-35)51-38-22-13-21-37(29-38)45-43(49)40(47-42(48)36-19-10-5-11-20-36)28-32-24-26-34(27-25-32)33-15-6-3-7-16-33/h3-29,41H,1-2H3,(H,45,49)(H,46,50)(H,47,48)/b40-28+. The molecule has 6 aromatic carbocycles. The van der Waals surface area contributed by atoms with Crippen LogP contribution in [0.1, 0.15) is 37.9 Å². The lowest BCUT2D eigenvalue weighted by Crippen LogP contribution is -2.30. The Morgan fingerprint density at radius 2 is 1.25 bits per heavy atom. The van der Waals surface area contributed by atoms with Gasteiger partial charge in [0.1, 0.15) is 10.9 Å². The maximum absolute atomic E-state index is 13.8. The molecule has 0 aliphatic heterocycles. The predicted octanol–water partition coefficient (Wildman–Crippen LogP) is 9.85. The van der Waals surface area contributed by atoms with Crippen LogP contribution in [0.5, 0.6) is 0 Å². The molecule has 6 rings (SSSR count). The van der Waals surface area contributed by atoms with Gasteiger partial charge in [-0.2, -0.15) is 0 Å². The van der Waals surface area contributed by atoms with Gasteiger partial charge in [0, 0.05) is 21.8 Å². The van der Waals surface area contributed by atoms with Crippen molar-refractivity contribution in [1.29, 1.82) is 0 Å². The number of anilines is 2. The van der Waals surface area contributed by atoms with E-state index in [4.69, 9.17) is 0 Å². The number of benzene rings is 6. The van der Waals surface area contributed by atoms with Crippen LogP contribution >= 0.6 is 11.8 Å². The first kappa shape index (κ1) is 34.7. The Bertz CT molecular complexity index is 2170. The van der Waals surface area contributed by atoms with Crippen LogP contribution in [0.15, 0.2) is 168 Å². The Labute approximate surface area is 302 Å². The van der Waals surface area contributed by atoms with Gasteiger partial charge in [-0.1, -0.05) is 121 Å². The molecule has 1 unspecified atom stereocenters. The van der Waals surface area contributed by atoms with Gasteiger partial charge in [0.15, 0.2) is 0 Å². The number of aryl methyl sites for hydroxylation is 1. The highest BCUT2D eigenvalue weighted by atomic mass is 32.2. The van der Waals surface area contributed by atoms with Crippen LogP contribution in [0.3, 0.4) is 0 Å². The summed E-state index contributed by atoms with van der Waals surface area (Å²) >= 11 is 1.39. The first-order valence-electron chi connectivity index (χ1n) is 16.6. The maximum Gasteiger partial charge on any atom is 0.272 e. The summed E-state index contributed by atoms with van der Waals surface area (Å²) in [5.74, 6) is -1.04. The van der Waals surface area contributed by atoms with E-state index in [2.05, 4.69) is 16.0 Å². The Hall–Kier alpha value is -6.18. The van der Waals surface area contributed by atoms with Crippen LogP contribution in [0.2, 0.25) is 0 Å². The lowest BCUT2D eigenvalue weighted by molar-refractivity contribution is -0.116. The highest BCUT2D eigenvalue weighted by Crippen LogP contribution is 2.37. The Morgan fingerprint density at radius 1 is 0.627 bits per heavy atom. The largest absolute Gasteiger partial charge is 0.325 e. The van der Waals surface area contributed by atoms with Crippen LogP contribution in [-0.4, -0.2) is 17.7 Å². The molecule has 0 fully saturated rings. The SMILES string of the molecule is Cc1cccc(NC(=O)C(Sc2cccc(NC(=O)/C(=C\c3ccc(-c4ccccc4)cc3)NC(=O)c3ccccc3)c2)c2ccccc2)c1C. The van der Waals surface area contributed by atoms with Gasteiger partial charge in [0.2, 0.25) is 5.91 Å². The Balaban J connectivity index is 1.24. The van der Waals surface area contributed by atoms with E-state index in [-0.39, 0.29) is 11.6 Å². The minimum Gasteiger partial charge on any atom is -0.325 e. The van der Waals surface area contributed by atoms with Crippen molar-refractivity contribution in [3.05, 3.63) is 191 Å². The Morgan fingerprint density at radius 3 is 1.96 bits per heavy atom. The molecular formula is C44H37N3O3S. The number of nitrogens with one attached hydrogen (secondary N) is 3. The van der Waals surface area contributed by atoms with Gasteiger partial charge >= 0.3 is 0 Å². The second-order valence-corrected chi connectivity index (χ2v) is 13.2. The number of hydrogen-bond acceptors (Lipinski definition) is 4. The molecule has 252 valence electrons. The van der Waals surface area contributed by atoms with Crippen LogP contribution in [0.4, 0.5) is 11.4 Å². The predicted molar refractivity (Wildman–Crippen MR) is 208 cm³/mol. The number of hydrogen-bond donors (Lipinski definition) is 3. The average molecular weight is 688 g/mol. The summed E-state index contributed by atoms with van der Waals surface area (Å²) in [6.45, 7) is 4.01. The highest BCUT2D eigenvalue weighted by Gasteiger charge is 2.23. The van der Waals surface area contributed by atoms with Crippen LogP contribution in [0.25, 0.3) is 17.2 Å². The molecule has 0 bridgehead atoms. The first-order chi connectivity index (χ1) is 24.8. The molecule has 0 radical (unpaired) electrons. The highest BCUT2D eigenvalue weighted by molar-refractivity contribution is 8.00. The molecule has 6 nitrogen and oxygen atoms in total. The summed E-state index contributed by atoms with van der Waals surface area (Å²) in [5, 5.41) is 8.33. The van der Waals surface area contributed by atoms with Crippen molar-refractivity contribution in [2.75, 3.05) is 10.6 Å². The maximum atomic E-state index is 13.8. The van der Waals surface area contributed by atoms with Crippen LogP contribution in [0, 0.1) is 13.8 Å². The van der Waals surface area contributed by atoms with E-state index in [1.165, 1.54) is 11.8 Å². The monoisotopic (exact) mass is 687 g/mol. The second-order valence-electron chi connectivity index (χ2n) is 12.0. The number of carbonyl (C=O) groups is 3. The number of amides is 3. The van der Waals surface area contributed by atoms with Crippen molar-refractivity contribution in [1.82, 2.24) is 5.32 Å². The lowest BCUT2D eigenvalue weighted by atomic mass is 10.0. The van der Waals surface area contributed by atoms with E-state index in [1.807, 2.05) is 141 Å². The number of rotatable bonds is 11. The van der Waals surface area contributed by atoms with Crippen molar-refractivity contribution in [2.45, 2.75) is 24.0 Å². The van der Waals surface area contributed by atoms with E-state index in [1.54, 1.807) is 36.4 Å². The minimum absolute atomic E-state index is 0.0874.